The van der Waals surface area contributed by atoms with Crippen LogP contribution in [0.25, 0.3) is 0 Å². The van der Waals surface area contributed by atoms with E-state index in [1.165, 1.54) is 7.11 Å². The van der Waals surface area contributed by atoms with Crippen molar-refractivity contribution < 1.29 is 14.3 Å². The second-order valence-corrected chi connectivity index (χ2v) is 4.68. The zero-order valence-electron chi connectivity index (χ0n) is 10.3. The highest BCUT2D eigenvalue weighted by molar-refractivity contribution is 7.78. The number of carbonyl (C=O) groups is 2. The van der Waals surface area contributed by atoms with E-state index in [4.69, 9.17) is 4.74 Å². The predicted octanol–water partition coefficient (Wildman–Crippen LogP) is 2.23. The summed E-state index contributed by atoms with van der Waals surface area (Å²) < 4.78 is 7.05. The molecule has 1 saturated carbocycles. The molecule has 0 radical (unpaired) electrons. The van der Waals surface area contributed by atoms with E-state index in [9.17, 15) is 9.59 Å². The molecular weight excluding hydrogens is 250 g/mol. The summed E-state index contributed by atoms with van der Waals surface area (Å²) in [7, 11) is 1.34. The Labute approximate surface area is 111 Å². The Morgan fingerprint density at radius 3 is 2.50 bits per heavy atom. The lowest BCUT2D eigenvalue weighted by molar-refractivity contribution is 0.0599. The first-order valence-electron chi connectivity index (χ1n) is 5.75. The molecule has 0 saturated heterocycles. The van der Waals surface area contributed by atoms with E-state index >= 15 is 0 Å². The van der Waals surface area contributed by atoms with E-state index < -0.39 is 5.97 Å². The summed E-state index contributed by atoms with van der Waals surface area (Å²) in [4.78, 5) is 23.4. The van der Waals surface area contributed by atoms with Gasteiger partial charge in [0.1, 0.15) is 0 Å². The summed E-state index contributed by atoms with van der Waals surface area (Å²) >= 11 is 3.75. The Balaban J connectivity index is 2.52. The van der Waals surface area contributed by atoms with Gasteiger partial charge in [-0.3, -0.25) is 9.52 Å². The van der Waals surface area contributed by atoms with E-state index in [2.05, 4.69) is 17.5 Å². The van der Waals surface area contributed by atoms with Gasteiger partial charge in [0.05, 0.1) is 12.7 Å². The summed E-state index contributed by atoms with van der Waals surface area (Å²) in [5.41, 5.74) is 2.76. The summed E-state index contributed by atoms with van der Waals surface area (Å²) in [5.74, 6) is -0.292. The largest absolute Gasteiger partial charge is 0.465 e. The fourth-order valence-electron chi connectivity index (χ4n) is 2.05. The lowest BCUT2D eigenvalue weighted by Crippen LogP contribution is -2.16. The molecule has 5 heteroatoms. The zero-order chi connectivity index (χ0) is 13.3. The maximum atomic E-state index is 11.8. The van der Waals surface area contributed by atoms with Gasteiger partial charge < -0.3 is 4.74 Å². The first-order chi connectivity index (χ1) is 8.58. The van der Waals surface area contributed by atoms with Crippen molar-refractivity contribution in [2.24, 2.45) is 0 Å². The third kappa shape index (κ3) is 2.36. The predicted molar refractivity (Wildman–Crippen MR) is 70.9 cm³/mol. The molecule has 0 aromatic heterocycles. The number of benzene rings is 1. The van der Waals surface area contributed by atoms with Crippen LogP contribution in [0.4, 0.5) is 0 Å². The van der Waals surface area contributed by atoms with Gasteiger partial charge in [0, 0.05) is 5.56 Å². The van der Waals surface area contributed by atoms with Crippen molar-refractivity contribution in [3.63, 3.8) is 0 Å². The molecule has 0 bridgehead atoms. The average Bonchev–Trinajstić information content (AvgIpc) is 3.20. The number of esters is 1. The quantitative estimate of drug-likeness (QED) is 0.651. The second kappa shape index (κ2) is 5.02. The first-order valence-corrected chi connectivity index (χ1v) is 6.20. The van der Waals surface area contributed by atoms with Gasteiger partial charge in [0.25, 0.3) is 5.91 Å². The summed E-state index contributed by atoms with van der Waals surface area (Å²) in [6.45, 7) is 1.85. The fraction of sp³-hybridized carbons (Fsp3) is 0.385. The normalized spacial score (nSPS) is 14.2. The molecule has 0 spiro atoms. The highest BCUT2D eigenvalue weighted by atomic mass is 32.1. The van der Waals surface area contributed by atoms with Crippen LogP contribution in [0.2, 0.25) is 0 Å². The molecule has 1 aromatic rings. The number of rotatable bonds is 3. The maximum absolute atomic E-state index is 11.8. The van der Waals surface area contributed by atoms with Gasteiger partial charge in [0.2, 0.25) is 0 Å². The molecule has 0 atom stereocenters. The molecule has 96 valence electrons. The average molecular weight is 265 g/mol. The van der Waals surface area contributed by atoms with Gasteiger partial charge in [-0.25, -0.2) is 4.79 Å². The molecule has 0 aliphatic heterocycles. The van der Waals surface area contributed by atoms with Crippen molar-refractivity contribution in [2.45, 2.75) is 25.7 Å². The van der Waals surface area contributed by atoms with Crippen LogP contribution in [-0.4, -0.2) is 19.0 Å². The number of amides is 1. The van der Waals surface area contributed by atoms with Crippen LogP contribution in [0.5, 0.6) is 0 Å². The summed E-state index contributed by atoms with van der Waals surface area (Å²) in [6, 6.07) is 3.50. The Kier molecular flexibility index (Phi) is 3.61. The lowest BCUT2D eigenvalue weighted by Gasteiger charge is -2.12. The molecule has 1 fully saturated rings. The molecule has 1 N–H and O–H groups in total. The summed E-state index contributed by atoms with van der Waals surface area (Å²) in [6.07, 6.45) is 2.17. The van der Waals surface area contributed by atoms with E-state index in [1.807, 2.05) is 13.0 Å². The Bertz CT molecular complexity index is 509. The van der Waals surface area contributed by atoms with Crippen LogP contribution in [0.3, 0.4) is 0 Å². The summed E-state index contributed by atoms with van der Waals surface area (Å²) in [5, 5.41) is 0. The molecule has 1 aromatic carbocycles. The standard InChI is InChI=1S/C13H15NO3S/c1-7-5-10(8-3-4-8)11(13(16)17-2)6-9(7)12(15)14-18/h5-6,8,18H,3-4H2,1-2H3,(H,14,15). The van der Waals surface area contributed by atoms with Gasteiger partial charge >= 0.3 is 5.97 Å². The van der Waals surface area contributed by atoms with Crippen LogP contribution in [-0.2, 0) is 4.74 Å². The minimum atomic E-state index is -0.398. The van der Waals surface area contributed by atoms with Gasteiger partial charge in [0.15, 0.2) is 0 Å². The van der Waals surface area contributed by atoms with Crippen molar-refractivity contribution >= 4 is 24.7 Å². The number of hydrogen-bond acceptors (Lipinski definition) is 4. The van der Waals surface area contributed by atoms with Crippen molar-refractivity contribution in [1.82, 2.24) is 4.72 Å². The zero-order valence-corrected chi connectivity index (χ0v) is 11.2. The number of thiol groups is 1. The molecule has 4 nitrogen and oxygen atoms in total. The van der Waals surface area contributed by atoms with E-state index in [1.54, 1.807) is 6.07 Å². The van der Waals surface area contributed by atoms with Crippen LogP contribution in [0, 0.1) is 6.92 Å². The minimum absolute atomic E-state index is 0.316. The van der Waals surface area contributed by atoms with Crippen LogP contribution in [0.1, 0.15) is 50.6 Å². The number of ether oxygens (including phenoxy) is 1. The molecule has 0 unspecified atom stereocenters. The number of hydrogen-bond donors (Lipinski definition) is 2. The Morgan fingerprint density at radius 2 is 2.00 bits per heavy atom. The van der Waals surface area contributed by atoms with Crippen molar-refractivity contribution in [3.05, 3.63) is 34.4 Å². The van der Waals surface area contributed by atoms with Gasteiger partial charge in [-0.2, -0.15) is 0 Å². The highest BCUT2D eigenvalue weighted by Crippen LogP contribution is 2.42. The molecular formula is C13H15NO3S. The molecule has 2 rings (SSSR count). The van der Waals surface area contributed by atoms with E-state index in [0.29, 0.717) is 17.0 Å². The first kappa shape index (κ1) is 13.0. The monoisotopic (exact) mass is 265 g/mol. The molecule has 1 amide bonds. The fourth-order valence-corrected chi connectivity index (χ4v) is 2.17. The molecule has 18 heavy (non-hydrogen) atoms. The smallest absolute Gasteiger partial charge is 0.338 e. The van der Waals surface area contributed by atoms with Gasteiger partial charge in [-0.1, -0.05) is 18.9 Å². The lowest BCUT2D eigenvalue weighted by atomic mass is 9.96. The Morgan fingerprint density at radius 1 is 1.33 bits per heavy atom. The van der Waals surface area contributed by atoms with Crippen LogP contribution < -0.4 is 4.72 Å². The molecule has 0 heterocycles. The highest BCUT2D eigenvalue weighted by Gasteiger charge is 2.29. The van der Waals surface area contributed by atoms with Crippen molar-refractivity contribution in [1.29, 1.82) is 0 Å². The minimum Gasteiger partial charge on any atom is -0.465 e. The van der Waals surface area contributed by atoms with E-state index in [-0.39, 0.29) is 5.91 Å². The molecule has 1 aliphatic carbocycles. The maximum Gasteiger partial charge on any atom is 0.338 e. The number of aryl methyl sites for hydroxylation is 1. The van der Waals surface area contributed by atoms with Crippen LogP contribution >= 0.6 is 12.8 Å². The molecule has 1 aliphatic rings. The third-order valence-electron chi connectivity index (χ3n) is 3.17. The van der Waals surface area contributed by atoms with Crippen molar-refractivity contribution in [2.75, 3.05) is 7.11 Å². The van der Waals surface area contributed by atoms with Gasteiger partial charge in [-0.05, 0) is 42.9 Å². The van der Waals surface area contributed by atoms with Crippen LogP contribution in [0.15, 0.2) is 12.1 Å². The number of methoxy groups -OCH3 is 1. The topological polar surface area (TPSA) is 55.4 Å². The third-order valence-corrected chi connectivity index (χ3v) is 3.37. The number of carbonyl (C=O) groups excluding carboxylic acids is 2. The van der Waals surface area contributed by atoms with Gasteiger partial charge in [-0.15, -0.1) is 0 Å². The van der Waals surface area contributed by atoms with Crippen molar-refractivity contribution in [3.8, 4) is 0 Å². The SMILES string of the molecule is COC(=O)c1cc(C(=O)NS)c(C)cc1C1CC1. The number of nitrogens with one attached hydrogen (secondary N) is 1. The van der Waals surface area contributed by atoms with E-state index in [0.717, 1.165) is 24.0 Å². The Hall–Kier alpha value is -1.49. The second-order valence-electron chi connectivity index (χ2n) is 4.46.